The topological polar surface area (TPSA) is 23.5 Å². The predicted octanol–water partition coefficient (Wildman–Crippen LogP) is 3.24. The third-order valence-electron chi connectivity index (χ3n) is 5.18. The standard InChI is InChI=1S/C18H27NO/c20-18-9-5-4-8-17(18)19-12-10-16(11-13-19)14-15-6-2-1-3-7-15/h1-3,6-7,16-18,20H,4-5,8-14H2/t17-,18-/m0/s1. The van der Waals surface area contributed by atoms with Crippen molar-refractivity contribution >= 4 is 0 Å². The highest BCUT2D eigenvalue weighted by Crippen LogP contribution is 2.28. The number of hydrogen-bond donors (Lipinski definition) is 1. The molecule has 3 rings (SSSR count). The number of piperidine rings is 1. The number of hydrogen-bond acceptors (Lipinski definition) is 2. The van der Waals surface area contributed by atoms with Gasteiger partial charge in [-0.25, -0.2) is 0 Å². The summed E-state index contributed by atoms with van der Waals surface area (Å²) < 4.78 is 0. The Hall–Kier alpha value is -0.860. The van der Waals surface area contributed by atoms with Gasteiger partial charge in [-0.2, -0.15) is 0 Å². The lowest BCUT2D eigenvalue weighted by atomic mass is 9.86. The van der Waals surface area contributed by atoms with Crippen LogP contribution in [-0.2, 0) is 6.42 Å². The van der Waals surface area contributed by atoms with Crippen molar-refractivity contribution in [2.24, 2.45) is 5.92 Å². The molecule has 1 heterocycles. The van der Waals surface area contributed by atoms with Crippen LogP contribution in [0.15, 0.2) is 30.3 Å². The van der Waals surface area contributed by atoms with E-state index in [1.54, 1.807) is 0 Å². The fourth-order valence-corrected chi connectivity index (χ4v) is 3.95. The van der Waals surface area contributed by atoms with Gasteiger partial charge in [0.25, 0.3) is 0 Å². The van der Waals surface area contributed by atoms with E-state index in [0.29, 0.717) is 6.04 Å². The van der Waals surface area contributed by atoms with E-state index >= 15 is 0 Å². The fourth-order valence-electron chi connectivity index (χ4n) is 3.95. The number of aliphatic hydroxyl groups excluding tert-OH is 1. The molecule has 0 bridgehead atoms. The van der Waals surface area contributed by atoms with Crippen LogP contribution in [0.3, 0.4) is 0 Å². The molecule has 2 atom stereocenters. The molecule has 2 fully saturated rings. The van der Waals surface area contributed by atoms with E-state index in [0.717, 1.165) is 12.3 Å². The Morgan fingerprint density at radius 3 is 2.35 bits per heavy atom. The van der Waals surface area contributed by atoms with Crippen LogP contribution in [0.4, 0.5) is 0 Å². The van der Waals surface area contributed by atoms with Crippen LogP contribution in [-0.4, -0.2) is 35.2 Å². The van der Waals surface area contributed by atoms with Gasteiger partial charge in [0.2, 0.25) is 0 Å². The van der Waals surface area contributed by atoms with E-state index in [1.807, 2.05) is 0 Å². The van der Waals surface area contributed by atoms with Gasteiger partial charge in [0.05, 0.1) is 6.10 Å². The van der Waals surface area contributed by atoms with Crippen molar-refractivity contribution in [3.63, 3.8) is 0 Å². The van der Waals surface area contributed by atoms with Crippen LogP contribution in [0, 0.1) is 5.92 Å². The Labute approximate surface area is 122 Å². The zero-order chi connectivity index (χ0) is 13.8. The third kappa shape index (κ3) is 3.42. The summed E-state index contributed by atoms with van der Waals surface area (Å²) in [7, 11) is 0. The van der Waals surface area contributed by atoms with Gasteiger partial charge < -0.3 is 5.11 Å². The quantitative estimate of drug-likeness (QED) is 0.914. The Bertz CT molecular complexity index is 397. The van der Waals surface area contributed by atoms with Gasteiger partial charge in [-0.15, -0.1) is 0 Å². The number of nitrogens with zero attached hydrogens (tertiary/aromatic N) is 1. The van der Waals surface area contributed by atoms with Crippen LogP contribution < -0.4 is 0 Å². The highest BCUT2D eigenvalue weighted by Gasteiger charge is 2.31. The van der Waals surface area contributed by atoms with E-state index in [9.17, 15) is 5.11 Å². The smallest absolute Gasteiger partial charge is 0.0695 e. The van der Waals surface area contributed by atoms with Crippen molar-refractivity contribution in [2.75, 3.05) is 13.1 Å². The molecule has 20 heavy (non-hydrogen) atoms. The zero-order valence-electron chi connectivity index (χ0n) is 12.4. The summed E-state index contributed by atoms with van der Waals surface area (Å²) in [5, 5.41) is 10.2. The molecule has 1 aromatic carbocycles. The van der Waals surface area contributed by atoms with E-state index in [2.05, 4.69) is 35.2 Å². The van der Waals surface area contributed by atoms with Gasteiger partial charge in [0.1, 0.15) is 0 Å². The van der Waals surface area contributed by atoms with E-state index in [1.165, 1.54) is 57.2 Å². The minimum Gasteiger partial charge on any atom is -0.391 e. The highest BCUT2D eigenvalue weighted by molar-refractivity contribution is 5.15. The lowest BCUT2D eigenvalue weighted by Crippen LogP contribution is -2.48. The summed E-state index contributed by atoms with van der Waals surface area (Å²) in [6, 6.07) is 11.3. The number of benzene rings is 1. The zero-order valence-corrected chi connectivity index (χ0v) is 12.4. The van der Waals surface area contributed by atoms with Crippen LogP contribution >= 0.6 is 0 Å². The molecule has 1 aromatic rings. The molecule has 2 nitrogen and oxygen atoms in total. The van der Waals surface area contributed by atoms with Crippen LogP contribution in [0.5, 0.6) is 0 Å². The average molecular weight is 273 g/mol. The van der Waals surface area contributed by atoms with Crippen molar-refractivity contribution in [1.29, 1.82) is 0 Å². The molecule has 1 aliphatic carbocycles. The Kier molecular flexibility index (Phi) is 4.74. The monoisotopic (exact) mass is 273 g/mol. The summed E-state index contributed by atoms with van der Waals surface area (Å²) >= 11 is 0. The molecule has 110 valence electrons. The maximum Gasteiger partial charge on any atom is 0.0695 e. The summed E-state index contributed by atoms with van der Waals surface area (Å²) in [5.74, 6) is 0.828. The highest BCUT2D eigenvalue weighted by atomic mass is 16.3. The molecule has 1 saturated carbocycles. The lowest BCUT2D eigenvalue weighted by molar-refractivity contribution is 0.00406. The molecule has 0 amide bonds. The fraction of sp³-hybridized carbons (Fsp3) is 0.667. The summed E-state index contributed by atoms with van der Waals surface area (Å²) in [6.45, 7) is 2.36. The molecule has 1 aliphatic heterocycles. The molecule has 1 N–H and O–H groups in total. The lowest BCUT2D eigenvalue weighted by Gasteiger charge is -2.41. The molecule has 0 unspecified atom stereocenters. The molecule has 0 radical (unpaired) electrons. The van der Waals surface area contributed by atoms with Gasteiger partial charge in [-0.05, 0) is 56.7 Å². The maximum absolute atomic E-state index is 10.2. The van der Waals surface area contributed by atoms with E-state index in [-0.39, 0.29) is 6.10 Å². The molecule has 0 aromatic heterocycles. The molecular weight excluding hydrogens is 246 g/mol. The predicted molar refractivity (Wildman–Crippen MR) is 82.7 cm³/mol. The minimum absolute atomic E-state index is 0.0746. The van der Waals surface area contributed by atoms with Crippen LogP contribution in [0.1, 0.15) is 44.1 Å². The molecule has 0 spiro atoms. The van der Waals surface area contributed by atoms with E-state index in [4.69, 9.17) is 0 Å². The van der Waals surface area contributed by atoms with E-state index < -0.39 is 0 Å². The number of likely N-dealkylation sites (tertiary alicyclic amines) is 1. The second-order valence-corrected chi connectivity index (χ2v) is 6.59. The van der Waals surface area contributed by atoms with Crippen molar-refractivity contribution in [3.8, 4) is 0 Å². The summed E-state index contributed by atoms with van der Waals surface area (Å²) in [5.41, 5.74) is 1.48. The first-order valence-electron chi connectivity index (χ1n) is 8.29. The van der Waals surface area contributed by atoms with Crippen molar-refractivity contribution in [1.82, 2.24) is 4.90 Å². The van der Waals surface area contributed by atoms with Crippen molar-refractivity contribution in [2.45, 2.75) is 57.1 Å². The second kappa shape index (κ2) is 6.73. The third-order valence-corrected chi connectivity index (χ3v) is 5.18. The first kappa shape index (κ1) is 14.1. The van der Waals surface area contributed by atoms with Gasteiger partial charge in [0, 0.05) is 6.04 Å². The molecule has 1 saturated heterocycles. The van der Waals surface area contributed by atoms with Gasteiger partial charge in [-0.1, -0.05) is 43.2 Å². The number of aliphatic hydroxyl groups is 1. The SMILES string of the molecule is O[C@H]1CCCC[C@@H]1N1CCC(Cc2ccccc2)CC1. The minimum atomic E-state index is -0.0746. The molecular formula is C18H27NO. The van der Waals surface area contributed by atoms with Gasteiger partial charge >= 0.3 is 0 Å². The van der Waals surface area contributed by atoms with Crippen LogP contribution in [0.2, 0.25) is 0 Å². The Morgan fingerprint density at radius 2 is 1.65 bits per heavy atom. The first-order chi connectivity index (χ1) is 9.83. The van der Waals surface area contributed by atoms with Crippen molar-refractivity contribution in [3.05, 3.63) is 35.9 Å². The largest absolute Gasteiger partial charge is 0.391 e. The molecule has 2 aliphatic rings. The second-order valence-electron chi connectivity index (χ2n) is 6.59. The normalized spacial score (nSPS) is 29.4. The van der Waals surface area contributed by atoms with Crippen LogP contribution in [0.25, 0.3) is 0 Å². The summed E-state index contributed by atoms with van der Waals surface area (Å²) in [4.78, 5) is 2.56. The van der Waals surface area contributed by atoms with Gasteiger partial charge in [0.15, 0.2) is 0 Å². The average Bonchev–Trinajstić information content (AvgIpc) is 2.50. The maximum atomic E-state index is 10.2. The van der Waals surface area contributed by atoms with Crippen molar-refractivity contribution < 1.29 is 5.11 Å². The summed E-state index contributed by atoms with van der Waals surface area (Å²) in [6.07, 6.45) is 8.44. The number of rotatable bonds is 3. The Morgan fingerprint density at radius 1 is 0.950 bits per heavy atom. The Balaban J connectivity index is 1.49. The first-order valence-corrected chi connectivity index (χ1v) is 8.29. The molecule has 2 heteroatoms. The van der Waals surface area contributed by atoms with Gasteiger partial charge in [-0.3, -0.25) is 4.90 Å².